The maximum absolute atomic E-state index is 14.7. The van der Waals surface area contributed by atoms with E-state index in [9.17, 15) is 17.6 Å². The van der Waals surface area contributed by atoms with Crippen LogP contribution in [-0.2, 0) is 12.6 Å². The Morgan fingerprint density at radius 3 is 2.61 bits per heavy atom. The van der Waals surface area contributed by atoms with Gasteiger partial charge in [-0.3, -0.25) is 4.90 Å². The Hall–Kier alpha value is -4.17. The Bertz CT molecular complexity index is 1470. The molecule has 2 aromatic heterocycles. The highest BCUT2D eigenvalue weighted by atomic mass is 19.4. The predicted molar refractivity (Wildman–Crippen MR) is 133 cm³/mol. The van der Waals surface area contributed by atoms with Gasteiger partial charge < -0.3 is 14.6 Å². The van der Waals surface area contributed by atoms with Crippen LogP contribution in [0, 0.1) is 17.1 Å². The van der Waals surface area contributed by atoms with E-state index in [0.717, 1.165) is 68.7 Å². The van der Waals surface area contributed by atoms with Crippen LogP contribution in [0.15, 0.2) is 54.9 Å². The Morgan fingerprint density at radius 1 is 1.05 bits per heavy atom. The molecule has 1 N–H and O–H groups in total. The Morgan fingerprint density at radius 2 is 1.87 bits per heavy atom. The number of aromatic amines is 1. The summed E-state index contributed by atoms with van der Waals surface area (Å²) < 4.78 is 58.4. The number of nitriles is 1. The van der Waals surface area contributed by atoms with Gasteiger partial charge in [0.05, 0.1) is 11.6 Å². The summed E-state index contributed by atoms with van der Waals surface area (Å²) in [5.41, 5.74) is 2.38. The summed E-state index contributed by atoms with van der Waals surface area (Å²) in [4.78, 5) is 14.6. The predicted octanol–water partition coefficient (Wildman–Crippen LogP) is 5.53. The van der Waals surface area contributed by atoms with Crippen molar-refractivity contribution in [2.24, 2.45) is 0 Å². The van der Waals surface area contributed by atoms with Gasteiger partial charge in [0.2, 0.25) is 0 Å². The van der Waals surface area contributed by atoms with E-state index in [-0.39, 0.29) is 5.75 Å². The van der Waals surface area contributed by atoms with Crippen LogP contribution >= 0.6 is 0 Å². The van der Waals surface area contributed by atoms with Gasteiger partial charge in [0, 0.05) is 61.2 Å². The second kappa shape index (κ2) is 10.7. The zero-order chi connectivity index (χ0) is 26.7. The number of hydrogen-bond acceptors (Lipinski definition) is 6. The lowest BCUT2D eigenvalue weighted by molar-refractivity contribution is -0.141. The number of benzene rings is 2. The Kier molecular flexibility index (Phi) is 7.15. The summed E-state index contributed by atoms with van der Waals surface area (Å²) in [6.07, 6.45) is 0.149. The average molecular weight is 525 g/mol. The van der Waals surface area contributed by atoms with Crippen LogP contribution in [0.4, 0.5) is 23.2 Å². The standard InChI is InChI=1S/C27H24F4N6O/c28-22-15-20(4-6-24(22)38-26-33-8-7-25(35-26)27(29,30)31)37-12-10-36(11-13-37)9-1-2-19-17-34-23-5-3-18(16-32)14-21(19)23/h3-8,14-15,17,34H,1-2,9-13H2. The molecule has 5 rings (SSSR count). The number of anilines is 1. The van der Waals surface area contributed by atoms with Gasteiger partial charge in [0.25, 0.3) is 0 Å². The number of piperazine rings is 1. The lowest BCUT2D eigenvalue weighted by Crippen LogP contribution is -2.46. The van der Waals surface area contributed by atoms with E-state index in [1.54, 1.807) is 12.1 Å². The quantitative estimate of drug-likeness (QED) is 0.320. The van der Waals surface area contributed by atoms with E-state index in [0.29, 0.717) is 11.3 Å². The number of halogens is 4. The van der Waals surface area contributed by atoms with E-state index >= 15 is 0 Å². The minimum Gasteiger partial charge on any atom is -0.421 e. The fourth-order valence-electron chi connectivity index (χ4n) is 4.59. The van der Waals surface area contributed by atoms with Crippen molar-refractivity contribution >= 4 is 16.6 Å². The van der Waals surface area contributed by atoms with Crippen molar-refractivity contribution < 1.29 is 22.3 Å². The molecule has 3 heterocycles. The third-order valence-electron chi connectivity index (χ3n) is 6.60. The molecule has 1 aliphatic rings. The molecule has 4 aromatic rings. The zero-order valence-corrected chi connectivity index (χ0v) is 20.3. The summed E-state index contributed by atoms with van der Waals surface area (Å²) in [6.45, 7) is 4.01. The van der Waals surface area contributed by atoms with Gasteiger partial charge >= 0.3 is 12.2 Å². The second-order valence-electron chi connectivity index (χ2n) is 9.06. The third-order valence-corrected chi connectivity index (χ3v) is 6.60. The summed E-state index contributed by atoms with van der Waals surface area (Å²) in [5, 5.41) is 10.2. The molecule has 196 valence electrons. The molecule has 1 aliphatic heterocycles. The number of alkyl halides is 3. The molecule has 0 bridgehead atoms. The maximum atomic E-state index is 14.7. The van der Waals surface area contributed by atoms with Crippen molar-refractivity contribution in [3.05, 3.63) is 77.5 Å². The van der Waals surface area contributed by atoms with Gasteiger partial charge in [0.15, 0.2) is 17.3 Å². The molecule has 0 unspecified atom stereocenters. The molecule has 0 spiro atoms. The number of fused-ring (bicyclic) bond motifs is 1. The molecule has 0 radical (unpaired) electrons. The molecular formula is C27H24F4N6O. The number of hydrogen-bond donors (Lipinski definition) is 1. The highest BCUT2D eigenvalue weighted by molar-refractivity contribution is 5.84. The minimum atomic E-state index is -4.65. The van der Waals surface area contributed by atoms with Crippen molar-refractivity contribution in [2.45, 2.75) is 19.0 Å². The largest absolute Gasteiger partial charge is 0.433 e. The zero-order valence-electron chi connectivity index (χ0n) is 20.3. The molecular weight excluding hydrogens is 500 g/mol. The van der Waals surface area contributed by atoms with Crippen LogP contribution in [0.1, 0.15) is 23.2 Å². The van der Waals surface area contributed by atoms with Crippen LogP contribution in [0.2, 0.25) is 0 Å². The van der Waals surface area contributed by atoms with Gasteiger partial charge in [-0.1, -0.05) is 0 Å². The highest BCUT2D eigenvalue weighted by Crippen LogP contribution is 2.31. The molecule has 0 saturated carbocycles. The molecule has 11 heteroatoms. The van der Waals surface area contributed by atoms with Gasteiger partial charge in [-0.2, -0.15) is 23.4 Å². The summed E-state index contributed by atoms with van der Waals surface area (Å²) in [6, 6.07) is 12.3. The number of ether oxygens (including phenoxy) is 1. The first kappa shape index (κ1) is 25.5. The fraction of sp³-hybridized carbons (Fsp3) is 0.296. The van der Waals surface area contributed by atoms with Crippen molar-refractivity contribution in [3.8, 4) is 17.8 Å². The summed E-state index contributed by atoms with van der Waals surface area (Å²) >= 11 is 0. The molecule has 0 amide bonds. The first-order chi connectivity index (χ1) is 18.3. The number of H-pyrrole nitrogens is 1. The third kappa shape index (κ3) is 5.70. The average Bonchev–Trinajstić information content (AvgIpc) is 3.32. The van der Waals surface area contributed by atoms with E-state index in [4.69, 9.17) is 10.00 Å². The number of rotatable bonds is 7. The number of nitrogens with zero attached hydrogens (tertiary/aromatic N) is 5. The maximum Gasteiger partial charge on any atom is 0.433 e. The van der Waals surface area contributed by atoms with Gasteiger partial charge in [-0.25, -0.2) is 9.37 Å². The van der Waals surface area contributed by atoms with Crippen molar-refractivity contribution in [3.63, 3.8) is 0 Å². The fourth-order valence-corrected chi connectivity index (χ4v) is 4.59. The topological polar surface area (TPSA) is 81.1 Å². The number of aryl methyl sites for hydroxylation is 1. The Labute approximate surface area is 216 Å². The SMILES string of the molecule is N#Cc1ccc2[nH]cc(CCCN3CCN(c4ccc(Oc5nccc(C(F)(F)F)n5)c(F)c4)CC3)c2c1. The van der Waals surface area contributed by atoms with Crippen LogP contribution < -0.4 is 9.64 Å². The van der Waals surface area contributed by atoms with Crippen LogP contribution in [-0.4, -0.2) is 52.6 Å². The van der Waals surface area contributed by atoms with Crippen LogP contribution in [0.5, 0.6) is 11.8 Å². The van der Waals surface area contributed by atoms with Gasteiger partial charge in [0.1, 0.15) is 0 Å². The van der Waals surface area contributed by atoms with E-state index in [1.165, 1.54) is 17.7 Å². The first-order valence-corrected chi connectivity index (χ1v) is 12.2. The molecule has 38 heavy (non-hydrogen) atoms. The molecule has 2 aromatic carbocycles. The van der Waals surface area contributed by atoms with Crippen molar-refractivity contribution in [1.29, 1.82) is 5.26 Å². The smallest absolute Gasteiger partial charge is 0.421 e. The van der Waals surface area contributed by atoms with Gasteiger partial charge in [-0.15, -0.1) is 0 Å². The lowest BCUT2D eigenvalue weighted by atomic mass is 10.1. The number of aromatic nitrogens is 3. The van der Waals surface area contributed by atoms with Crippen LogP contribution in [0.3, 0.4) is 0 Å². The molecule has 1 saturated heterocycles. The van der Waals surface area contributed by atoms with Crippen LogP contribution in [0.25, 0.3) is 10.9 Å². The first-order valence-electron chi connectivity index (χ1n) is 12.2. The van der Waals surface area contributed by atoms with E-state index < -0.39 is 23.7 Å². The molecule has 1 fully saturated rings. The van der Waals surface area contributed by atoms with E-state index in [2.05, 4.69) is 30.8 Å². The lowest BCUT2D eigenvalue weighted by Gasteiger charge is -2.36. The molecule has 0 atom stereocenters. The Balaban J connectivity index is 1.13. The van der Waals surface area contributed by atoms with E-state index in [1.807, 2.05) is 18.3 Å². The van der Waals surface area contributed by atoms with Crippen molar-refractivity contribution in [2.75, 3.05) is 37.6 Å². The molecule has 0 aliphatic carbocycles. The highest BCUT2D eigenvalue weighted by Gasteiger charge is 2.33. The summed E-state index contributed by atoms with van der Waals surface area (Å²) in [5.74, 6) is -0.949. The molecule has 7 nitrogen and oxygen atoms in total. The minimum absolute atomic E-state index is 0.245. The van der Waals surface area contributed by atoms with Gasteiger partial charge in [-0.05, 0) is 61.3 Å². The summed E-state index contributed by atoms with van der Waals surface area (Å²) in [7, 11) is 0. The monoisotopic (exact) mass is 524 g/mol. The normalized spacial score (nSPS) is 14.6. The number of nitrogens with one attached hydrogen (secondary N) is 1. The second-order valence-corrected chi connectivity index (χ2v) is 9.06. The van der Waals surface area contributed by atoms with Crippen molar-refractivity contribution in [1.82, 2.24) is 19.9 Å².